The van der Waals surface area contributed by atoms with Gasteiger partial charge in [0.1, 0.15) is 17.3 Å². The number of anilines is 1. The molecular formula is C26H32N2O5. The highest BCUT2D eigenvalue weighted by Crippen LogP contribution is 2.41. The van der Waals surface area contributed by atoms with Crippen molar-refractivity contribution in [3.05, 3.63) is 59.2 Å². The minimum atomic E-state index is -0.698. The van der Waals surface area contributed by atoms with Crippen LogP contribution in [0.3, 0.4) is 0 Å². The Hall–Kier alpha value is -3.48. The molecule has 7 heteroatoms. The predicted octanol–water partition coefficient (Wildman–Crippen LogP) is 4.38. The molecule has 0 aromatic heterocycles. The molecule has 0 radical (unpaired) electrons. The largest absolute Gasteiger partial charge is 0.507 e. The molecule has 1 N–H and O–H groups in total. The van der Waals surface area contributed by atoms with Crippen LogP contribution in [-0.2, 0) is 9.59 Å². The van der Waals surface area contributed by atoms with Crippen molar-refractivity contribution < 1.29 is 24.2 Å². The van der Waals surface area contributed by atoms with Crippen LogP contribution in [0.5, 0.6) is 11.5 Å². The molecule has 7 nitrogen and oxygen atoms in total. The van der Waals surface area contributed by atoms with Gasteiger partial charge in [0.2, 0.25) is 0 Å². The molecule has 0 saturated carbocycles. The van der Waals surface area contributed by atoms with Crippen LogP contribution in [0.1, 0.15) is 44.4 Å². The summed E-state index contributed by atoms with van der Waals surface area (Å²) in [5.41, 5.74) is 2.23. The summed E-state index contributed by atoms with van der Waals surface area (Å²) in [6.45, 7) is 8.30. The molecule has 1 aliphatic rings. The number of rotatable bonds is 9. The van der Waals surface area contributed by atoms with Gasteiger partial charge in [-0.3, -0.25) is 9.59 Å². The number of ether oxygens (including phenoxy) is 2. The van der Waals surface area contributed by atoms with Crippen molar-refractivity contribution in [1.29, 1.82) is 0 Å². The number of methoxy groups -OCH3 is 2. The molecular weight excluding hydrogens is 420 g/mol. The highest BCUT2D eigenvalue weighted by molar-refractivity contribution is 6.46. The minimum absolute atomic E-state index is 0.0625. The Balaban J connectivity index is 2.16. The average molecular weight is 453 g/mol. The number of hydrogen-bond donors (Lipinski definition) is 1. The Kier molecular flexibility index (Phi) is 7.63. The number of Topliss-reactive ketones (excluding diaryl/α,β-unsaturated/α-hetero) is 1. The summed E-state index contributed by atoms with van der Waals surface area (Å²) in [7, 11) is 3.01. The first-order valence-corrected chi connectivity index (χ1v) is 11.3. The van der Waals surface area contributed by atoms with Crippen LogP contribution in [0.2, 0.25) is 0 Å². The number of nitrogens with zero attached hydrogens (tertiary/aromatic N) is 2. The van der Waals surface area contributed by atoms with E-state index in [4.69, 9.17) is 9.47 Å². The van der Waals surface area contributed by atoms with Gasteiger partial charge in [-0.1, -0.05) is 19.1 Å². The topological polar surface area (TPSA) is 79.3 Å². The Bertz CT molecular complexity index is 1040. The van der Waals surface area contributed by atoms with Gasteiger partial charge in [-0.25, -0.2) is 0 Å². The molecule has 1 heterocycles. The van der Waals surface area contributed by atoms with E-state index < -0.39 is 17.7 Å². The molecule has 1 amide bonds. The lowest BCUT2D eigenvalue weighted by molar-refractivity contribution is -0.139. The first-order chi connectivity index (χ1) is 15.9. The molecule has 1 fully saturated rings. The number of likely N-dealkylation sites (tertiary alicyclic amines) is 1. The third-order valence-corrected chi connectivity index (χ3v) is 6.01. The highest BCUT2D eigenvalue weighted by atomic mass is 16.5. The number of ketones is 1. The van der Waals surface area contributed by atoms with Gasteiger partial charge < -0.3 is 24.4 Å². The molecule has 1 saturated heterocycles. The van der Waals surface area contributed by atoms with E-state index in [0.29, 0.717) is 30.0 Å². The van der Waals surface area contributed by atoms with Gasteiger partial charge in [-0.15, -0.1) is 0 Å². The summed E-state index contributed by atoms with van der Waals surface area (Å²) in [4.78, 5) is 29.8. The Morgan fingerprint density at radius 2 is 1.67 bits per heavy atom. The average Bonchev–Trinajstić information content (AvgIpc) is 3.09. The van der Waals surface area contributed by atoms with Crippen molar-refractivity contribution in [2.75, 3.05) is 38.8 Å². The standard InChI is InChI=1S/C26H32N2O5/c1-6-15-28-23(17-9-11-18(12-10-17)27(7-2)8-3)22(25(30)26(28)31)24(29)20-14-13-19(32-4)16-21(20)33-5/h9-14,16,23,29H,6-8,15H2,1-5H3/b24-22-. The predicted molar refractivity (Wildman–Crippen MR) is 129 cm³/mol. The molecule has 176 valence electrons. The van der Waals surface area contributed by atoms with Gasteiger partial charge in [-0.05, 0) is 50.1 Å². The summed E-state index contributed by atoms with van der Waals surface area (Å²) < 4.78 is 10.7. The maximum absolute atomic E-state index is 13.1. The molecule has 1 atom stereocenters. The van der Waals surface area contributed by atoms with Crippen LogP contribution in [-0.4, -0.2) is 55.6 Å². The zero-order valence-corrected chi connectivity index (χ0v) is 19.9. The van der Waals surface area contributed by atoms with Crippen molar-refractivity contribution in [3.8, 4) is 11.5 Å². The Morgan fingerprint density at radius 1 is 1.00 bits per heavy atom. The van der Waals surface area contributed by atoms with E-state index in [1.807, 2.05) is 31.2 Å². The zero-order chi connectivity index (χ0) is 24.1. The second kappa shape index (κ2) is 10.4. The fourth-order valence-electron chi connectivity index (χ4n) is 4.29. The number of amides is 1. The molecule has 0 spiro atoms. The van der Waals surface area contributed by atoms with Gasteiger partial charge in [0.05, 0.1) is 31.4 Å². The molecule has 33 heavy (non-hydrogen) atoms. The minimum Gasteiger partial charge on any atom is -0.507 e. The van der Waals surface area contributed by atoms with Crippen LogP contribution in [0.4, 0.5) is 5.69 Å². The fourth-order valence-corrected chi connectivity index (χ4v) is 4.29. The van der Waals surface area contributed by atoms with Crippen LogP contribution >= 0.6 is 0 Å². The first-order valence-electron chi connectivity index (χ1n) is 11.3. The number of carbonyl (C=O) groups excluding carboxylic acids is 2. The third-order valence-electron chi connectivity index (χ3n) is 6.01. The van der Waals surface area contributed by atoms with Crippen LogP contribution in [0, 0.1) is 0 Å². The zero-order valence-electron chi connectivity index (χ0n) is 19.9. The number of carbonyl (C=O) groups is 2. The van der Waals surface area contributed by atoms with Crippen molar-refractivity contribution in [2.24, 2.45) is 0 Å². The van der Waals surface area contributed by atoms with Crippen LogP contribution in [0.25, 0.3) is 5.76 Å². The van der Waals surface area contributed by atoms with Crippen molar-refractivity contribution in [3.63, 3.8) is 0 Å². The summed E-state index contributed by atoms with van der Waals surface area (Å²) in [6, 6.07) is 12.1. The molecule has 2 aromatic carbocycles. The molecule has 2 aromatic rings. The lowest BCUT2D eigenvalue weighted by Crippen LogP contribution is -2.30. The lowest BCUT2D eigenvalue weighted by atomic mass is 9.94. The van der Waals surface area contributed by atoms with E-state index in [-0.39, 0.29) is 11.3 Å². The third kappa shape index (κ3) is 4.53. The molecule has 1 unspecified atom stereocenters. The molecule has 0 aliphatic carbocycles. The second-order valence-electron chi connectivity index (χ2n) is 7.82. The van der Waals surface area contributed by atoms with Crippen molar-refractivity contribution >= 4 is 23.1 Å². The highest BCUT2D eigenvalue weighted by Gasteiger charge is 2.45. The van der Waals surface area contributed by atoms with Crippen molar-refractivity contribution in [2.45, 2.75) is 33.2 Å². The van der Waals surface area contributed by atoms with E-state index in [9.17, 15) is 14.7 Å². The van der Waals surface area contributed by atoms with Gasteiger partial charge in [0.25, 0.3) is 11.7 Å². The van der Waals surface area contributed by atoms with Crippen LogP contribution < -0.4 is 14.4 Å². The molecule has 3 rings (SSSR count). The second-order valence-corrected chi connectivity index (χ2v) is 7.82. The van der Waals surface area contributed by atoms with E-state index in [2.05, 4.69) is 18.7 Å². The van der Waals surface area contributed by atoms with E-state index in [1.54, 1.807) is 18.2 Å². The maximum atomic E-state index is 13.1. The van der Waals surface area contributed by atoms with Gasteiger partial charge >= 0.3 is 0 Å². The Labute approximate surface area is 195 Å². The first kappa shape index (κ1) is 24.2. The summed E-state index contributed by atoms with van der Waals surface area (Å²) in [5.74, 6) is -0.660. The molecule has 0 bridgehead atoms. The van der Waals surface area contributed by atoms with Gasteiger partial charge in [0.15, 0.2) is 0 Å². The van der Waals surface area contributed by atoms with E-state index in [0.717, 1.165) is 24.3 Å². The van der Waals surface area contributed by atoms with E-state index in [1.165, 1.54) is 19.1 Å². The number of aliphatic hydroxyl groups is 1. The summed E-state index contributed by atoms with van der Waals surface area (Å²) in [6.07, 6.45) is 0.687. The maximum Gasteiger partial charge on any atom is 0.295 e. The lowest BCUT2D eigenvalue weighted by Gasteiger charge is -2.26. The van der Waals surface area contributed by atoms with Crippen molar-refractivity contribution in [1.82, 2.24) is 4.90 Å². The number of aliphatic hydroxyl groups excluding tert-OH is 1. The Morgan fingerprint density at radius 3 is 2.21 bits per heavy atom. The monoisotopic (exact) mass is 452 g/mol. The normalized spacial score (nSPS) is 17.4. The van der Waals surface area contributed by atoms with Crippen LogP contribution in [0.15, 0.2) is 48.0 Å². The van der Waals surface area contributed by atoms with E-state index >= 15 is 0 Å². The van der Waals surface area contributed by atoms with Gasteiger partial charge in [-0.2, -0.15) is 0 Å². The number of hydrogen-bond acceptors (Lipinski definition) is 6. The smallest absolute Gasteiger partial charge is 0.295 e. The number of benzene rings is 2. The fraction of sp³-hybridized carbons (Fsp3) is 0.385. The summed E-state index contributed by atoms with van der Waals surface area (Å²) >= 11 is 0. The quantitative estimate of drug-likeness (QED) is 0.346. The van der Waals surface area contributed by atoms with Gasteiger partial charge in [0, 0.05) is 31.4 Å². The summed E-state index contributed by atoms with van der Waals surface area (Å²) in [5, 5.41) is 11.3. The SMILES string of the molecule is CCCN1C(=O)C(=O)/C(=C(\O)c2ccc(OC)cc2OC)C1c1ccc(N(CC)CC)cc1. The molecule has 1 aliphatic heterocycles.